The largest absolute Gasteiger partial charge is 0.484 e. The van der Waals surface area contributed by atoms with E-state index in [-0.39, 0.29) is 12.5 Å². The molecule has 0 spiro atoms. The predicted octanol–water partition coefficient (Wildman–Crippen LogP) is 3.93. The number of carbonyl (C=O) groups is 2. The third kappa shape index (κ3) is 4.58. The highest BCUT2D eigenvalue weighted by molar-refractivity contribution is 9.10. The number of hydrogen-bond acceptors (Lipinski definition) is 3. The van der Waals surface area contributed by atoms with Gasteiger partial charge in [0.05, 0.1) is 5.02 Å². The van der Waals surface area contributed by atoms with Crippen LogP contribution in [0.4, 0.5) is 5.69 Å². The number of hydrogen-bond donors (Lipinski definition) is 1. The van der Waals surface area contributed by atoms with Crippen LogP contribution in [-0.2, 0) is 4.79 Å². The maximum absolute atomic E-state index is 11.8. The maximum Gasteiger partial charge on any atom is 0.262 e. The highest BCUT2D eigenvalue weighted by Crippen LogP contribution is 2.25. The van der Waals surface area contributed by atoms with Crippen LogP contribution in [0.25, 0.3) is 0 Å². The van der Waals surface area contributed by atoms with E-state index in [9.17, 15) is 9.59 Å². The molecule has 0 radical (unpaired) electrons. The van der Waals surface area contributed by atoms with Crippen molar-refractivity contribution >= 4 is 45.4 Å². The molecule has 0 aliphatic rings. The normalized spacial score (nSPS) is 10.0. The second kappa shape index (κ2) is 7.24. The summed E-state index contributed by atoms with van der Waals surface area (Å²) in [5.41, 5.74) is 1.14. The van der Waals surface area contributed by atoms with Crippen LogP contribution < -0.4 is 10.1 Å². The zero-order valence-electron chi connectivity index (χ0n) is 10.8. The summed E-state index contributed by atoms with van der Waals surface area (Å²) in [7, 11) is 0. The molecule has 0 unspecified atom stereocenters. The Labute approximate surface area is 135 Å². The summed E-state index contributed by atoms with van der Waals surface area (Å²) >= 11 is 9.22. The van der Waals surface area contributed by atoms with E-state index < -0.39 is 0 Å². The molecule has 2 aromatic carbocycles. The highest BCUT2D eigenvalue weighted by Gasteiger charge is 2.05. The van der Waals surface area contributed by atoms with Gasteiger partial charge in [-0.05, 0) is 58.4 Å². The molecule has 108 valence electrons. The molecule has 4 nitrogen and oxygen atoms in total. The number of amides is 1. The Kier molecular flexibility index (Phi) is 5.36. The van der Waals surface area contributed by atoms with Gasteiger partial charge in [0.15, 0.2) is 6.61 Å². The van der Waals surface area contributed by atoms with Crippen LogP contribution >= 0.6 is 27.5 Å². The first-order valence-corrected chi connectivity index (χ1v) is 7.18. The summed E-state index contributed by atoms with van der Waals surface area (Å²) < 4.78 is 6.08. The van der Waals surface area contributed by atoms with Crippen LogP contribution in [0.15, 0.2) is 46.9 Å². The first-order valence-electron chi connectivity index (χ1n) is 6.01. The Morgan fingerprint density at radius 3 is 2.57 bits per heavy atom. The quantitative estimate of drug-likeness (QED) is 0.814. The number of carbonyl (C=O) groups excluding carboxylic acids is 2. The summed E-state index contributed by atoms with van der Waals surface area (Å²) in [5.74, 6) is 0.220. The van der Waals surface area contributed by atoms with Crippen molar-refractivity contribution in [1.82, 2.24) is 0 Å². The average molecular weight is 369 g/mol. The van der Waals surface area contributed by atoms with Crippen LogP contribution in [0, 0.1) is 0 Å². The van der Waals surface area contributed by atoms with Gasteiger partial charge in [-0.2, -0.15) is 0 Å². The van der Waals surface area contributed by atoms with Crippen LogP contribution in [-0.4, -0.2) is 18.8 Å². The molecule has 1 amide bonds. The molecule has 2 aromatic rings. The zero-order valence-corrected chi connectivity index (χ0v) is 13.1. The standard InChI is InChI=1S/C15H11BrClNO3/c16-13-6-3-11(7-14(13)17)18-15(20)9-21-12-4-1-10(8-19)2-5-12/h1-8H,9H2,(H,18,20). The van der Waals surface area contributed by atoms with Gasteiger partial charge < -0.3 is 10.1 Å². The molecule has 0 atom stereocenters. The molecule has 21 heavy (non-hydrogen) atoms. The fraction of sp³-hybridized carbons (Fsp3) is 0.0667. The van der Waals surface area contributed by atoms with Gasteiger partial charge in [0.2, 0.25) is 0 Å². The van der Waals surface area contributed by atoms with Gasteiger partial charge in [-0.1, -0.05) is 11.6 Å². The Balaban J connectivity index is 1.89. The smallest absolute Gasteiger partial charge is 0.262 e. The third-order valence-corrected chi connectivity index (χ3v) is 3.82. The van der Waals surface area contributed by atoms with Crippen LogP contribution in [0.2, 0.25) is 5.02 Å². The van der Waals surface area contributed by atoms with Gasteiger partial charge in [0.1, 0.15) is 12.0 Å². The molecule has 0 saturated carbocycles. The molecule has 0 bridgehead atoms. The summed E-state index contributed by atoms with van der Waals surface area (Å²) in [4.78, 5) is 22.3. The number of rotatable bonds is 5. The Morgan fingerprint density at radius 2 is 1.95 bits per heavy atom. The second-order valence-corrected chi connectivity index (χ2v) is 5.41. The lowest BCUT2D eigenvalue weighted by molar-refractivity contribution is -0.118. The first kappa shape index (κ1) is 15.5. The highest BCUT2D eigenvalue weighted by atomic mass is 79.9. The molecule has 0 aromatic heterocycles. The minimum absolute atomic E-state index is 0.131. The van der Waals surface area contributed by atoms with Crippen LogP contribution in [0.3, 0.4) is 0 Å². The summed E-state index contributed by atoms with van der Waals surface area (Å²) in [6.07, 6.45) is 0.744. The lowest BCUT2D eigenvalue weighted by Gasteiger charge is -2.08. The maximum atomic E-state index is 11.8. The zero-order chi connectivity index (χ0) is 15.2. The molecule has 2 rings (SSSR count). The van der Waals surface area contributed by atoms with Crippen LogP contribution in [0.1, 0.15) is 10.4 Å². The molecule has 0 saturated heterocycles. The minimum Gasteiger partial charge on any atom is -0.484 e. The number of nitrogens with one attached hydrogen (secondary N) is 1. The van der Waals surface area contributed by atoms with Crippen molar-refractivity contribution in [3.05, 3.63) is 57.5 Å². The number of aldehydes is 1. The molecule has 1 N–H and O–H groups in total. The van der Waals surface area contributed by atoms with Crippen molar-refractivity contribution < 1.29 is 14.3 Å². The molecule has 0 aliphatic heterocycles. The van der Waals surface area contributed by atoms with E-state index in [1.807, 2.05) is 0 Å². The average Bonchev–Trinajstić information content (AvgIpc) is 2.49. The number of halogens is 2. The molecule has 0 fully saturated rings. The van der Waals surface area contributed by atoms with Crippen molar-refractivity contribution in [3.8, 4) is 5.75 Å². The first-order chi connectivity index (χ1) is 10.1. The molecular weight excluding hydrogens is 358 g/mol. The van der Waals surface area contributed by atoms with Crippen LogP contribution in [0.5, 0.6) is 5.75 Å². The van der Waals surface area contributed by atoms with Gasteiger partial charge in [-0.15, -0.1) is 0 Å². The third-order valence-electron chi connectivity index (χ3n) is 2.59. The second-order valence-electron chi connectivity index (χ2n) is 4.15. The van der Waals surface area contributed by atoms with Gasteiger partial charge in [-0.25, -0.2) is 0 Å². The Morgan fingerprint density at radius 1 is 1.24 bits per heavy atom. The van der Waals surface area contributed by atoms with E-state index in [2.05, 4.69) is 21.2 Å². The van der Waals surface area contributed by atoms with Crippen molar-refractivity contribution in [2.24, 2.45) is 0 Å². The van der Waals surface area contributed by atoms with Gasteiger partial charge in [-0.3, -0.25) is 9.59 Å². The fourth-order valence-corrected chi connectivity index (χ4v) is 1.99. The van der Waals surface area contributed by atoms with Crippen molar-refractivity contribution in [1.29, 1.82) is 0 Å². The van der Waals surface area contributed by atoms with Gasteiger partial charge in [0.25, 0.3) is 5.91 Å². The van der Waals surface area contributed by atoms with Crippen molar-refractivity contribution in [3.63, 3.8) is 0 Å². The lowest BCUT2D eigenvalue weighted by Crippen LogP contribution is -2.20. The number of anilines is 1. The monoisotopic (exact) mass is 367 g/mol. The van der Waals surface area contributed by atoms with Gasteiger partial charge >= 0.3 is 0 Å². The summed E-state index contributed by atoms with van der Waals surface area (Å²) in [6, 6.07) is 11.6. The van der Waals surface area contributed by atoms with E-state index in [0.29, 0.717) is 22.0 Å². The Hall–Kier alpha value is -1.85. The molecule has 0 aliphatic carbocycles. The number of ether oxygens (including phenoxy) is 1. The fourth-order valence-electron chi connectivity index (χ4n) is 1.56. The molecule has 0 heterocycles. The van der Waals surface area contributed by atoms with E-state index in [0.717, 1.165) is 10.8 Å². The van der Waals surface area contributed by atoms with Gasteiger partial charge in [0, 0.05) is 15.7 Å². The van der Waals surface area contributed by atoms with E-state index in [1.54, 1.807) is 42.5 Å². The van der Waals surface area contributed by atoms with Crippen molar-refractivity contribution in [2.75, 3.05) is 11.9 Å². The topological polar surface area (TPSA) is 55.4 Å². The lowest BCUT2D eigenvalue weighted by atomic mass is 10.2. The van der Waals surface area contributed by atoms with E-state index in [1.165, 1.54) is 0 Å². The van der Waals surface area contributed by atoms with E-state index in [4.69, 9.17) is 16.3 Å². The predicted molar refractivity (Wildman–Crippen MR) is 85.1 cm³/mol. The summed E-state index contributed by atoms with van der Waals surface area (Å²) in [6.45, 7) is -0.131. The minimum atomic E-state index is -0.298. The molecule has 6 heteroatoms. The van der Waals surface area contributed by atoms with Crippen molar-refractivity contribution in [2.45, 2.75) is 0 Å². The number of benzene rings is 2. The SMILES string of the molecule is O=Cc1ccc(OCC(=O)Nc2ccc(Br)c(Cl)c2)cc1. The summed E-state index contributed by atoms with van der Waals surface area (Å²) in [5, 5.41) is 3.19. The van der Waals surface area contributed by atoms with E-state index >= 15 is 0 Å². The Bertz CT molecular complexity index is 658. The molecular formula is C15H11BrClNO3.